The molecule has 0 N–H and O–H groups in total. The topological polar surface area (TPSA) is 9.23 Å². The van der Waals surface area contributed by atoms with Crippen LogP contribution < -0.4 is 4.74 Å². The fourth-order valence-electron chi connectivity index (χ4n) is 2.87. The maximum Gasteiger partial charge on any atom is 0.175 e. The second-order valence-electron chi connectivity index (χ2n) is 6.26. The van der Waals surface area contributed by atoms with Gasteiger partial charge >= 0.3 is 0 Å². The van der Waals surface area contributed by atoms with Gasteiger partial charge in [0.25, 0.3) is 0 Å². The van der Waals surface area contributed by atoms with Crippen molar-refractivity contribution in [2.75, 3.05) is 0 Å². The molecule has 0 heterocycles. The normalized spacial score (nSPS) is 10.3. The largest absolute Gasteiger partial charge is 0.489 e. The molecule has 0 radical (unpaired) electrons. The Hall–Kier alpha value is -3.19. The first-order chi connectivity index (χ1) is 13.5. The molecular weight excluding hydrogens is 361 g/mol. The Morgan fingerprint density at radius 1 is 0.893 bits per heavy atom. The van der Waals surface area contributed by atoms with Crippen LogP contribution in [0.1, 0.15) is 30.5 Å². The lowest BCUT2D eigenvalue weighted by atomic mass is 10.0. The predicted octanol–water partition coefficient (Wildman–Crippen LogP) is 6.28. The number of hydrogen-bond acceptors (Lipinski definition) is 1. The van der Waals surface area contributed by atoms with Crippen LogP contribution in [0.15, 0.2) is 54.6 Å². The molecule has 142 valence electrons. The molecule has 0 saturated carbocycles. The third-order valence-electron chi connectivity index (χ3n) is 4.41. The fraction of sp³-hybridized carbons (Fsp3) is 0.167. The van der Waals surface area contributed by atoms with Crippen LogP contribution in [0.3, 0.4) is 0 Å². The molecule has 0 amide bonds. The van der Waals surface area contributed by atoms with E-state index in [0.29, 0.717) is 23.3 Å². The first-order valence-electron chi connectivity index (χ1n) is 8.94. The van der Waals surface area contributed by atoms with E-state index < -0.39 is 11.6 Å². The molecule has 0 aromatic heterocycles. The average Bonchev–Trinajstić information content (AvgIpc) is 2.71. The summed E-state index contributed by atoms with van der Waals surface area (Å²) in [6.07, 6.45) is 0.636. The molecule has 28 heavy (non-hydrogen) atoms. The van der Waals surface area contributed by atoms with Crippen molar-refractivity contribution in [1.29, 1.82) is 0 Å². The van der Waals surface area contributed by atoms with Gasteiger partial charge in [-0.2, -0.15) is 0 Å². The molecule has 0 fully saturated rings. The van der Waals surface area contributed by atoms with Crippen molar-refractivity contribution in [3.8, 4) is 28.7 Å². The summed E-state index contributed by atoms with van der Waals surface area (Å²) in [5.41, 5.74) is 2.10. The van der Waals surface area contributed by atoms with E-state index in [2.05, 4.69) is 11.8 Å². The van der Waals surface area contributed by atoms with Crippen molar-refractivity contribution < 1.29 is 17.9 Å². The van der Waals surface area contributed by atoms with Gasteiger partial charge in [-0.25, -0.2) is 13.2 Å². The monoisotopic (exact) mass is 380 g/mol. The minimum absolute atomic E-state index is 0.0324. The van der Waals surface area contributed by atoms with Crippen molar-refractivity contribution in [1.82, 2.24) is 0 Å². The van der Waals surface area contributed by atoms with Gasteiger partial charge in [-0.1, -0.05) is 37.1 Å². The van der Waals surface area contributed by atoms with Gasteiger partial charge in [0, 0.05) is 5.56 Å². The van der Waals surface area contributed by atoms with E-state index in [-0.39, 0.29) is 23.6 Å². The average molecular weight is 380 g/mol. The first kappa shape index (κ1) is 19.6. The quantitative estimate of drug-likeness (QED) is 0.473. The van der Waals surface area contributed by atoms with Gasteiger partial charge in [-0.05, 0) is 60.4 Å². The molecule has 0 unspecified atom stereocenters. The Kier molecular flexibility index (Phi) is 6.06. The van der Waals surface area contributed by atoms with E-state index in [9.17, 15) is 13.2 Å². The molecule has 0 aliphatic heterocycles. The van der Waals surface area contributed by atoms with Crippen LogP contribution in [-0.4, -0.2) is 0 Å². The molecule has 0 aliphatic carbocycles. The van der Waals surface area contributed by atoms with Crippen LogP contribution >= 0.6 is 0 Å². The first-order valence-corrected chi connectivity index (χ1v) is 8.94. The highest BCUT2D eigenvalue weighted by Gasteiger charge is 2.14. The standard InChI is InChI=1S/C24H19F3O/c1-3-5-19-10-13-21(24(27)23(19)26)18-8-11-20(12-9-18)28-15-16-6-7-17(4-2)22(25)14-16/h6-14H,4,15H2,1-2H3. The molecular formula is C24H19F3O. The van der Waals surface area contributed by atoms with Gasteiger partial charge in [0.1, 0.15) is 18.2 Å². The number of aryl methyl sites for hydroxylation is 1. The number of ether oxygens (including phenoxy) is 1. The molecule has 0 bridgehead atoms. The smallest absolute Gasteiger partial charge is 0.175 e. The van der Waals surface area contributed by atoms with Crippen molar-refractivity contribution in [3.05, 3.63) is 88.7 Å². The maximum atomic E-state index is 14.3. The summed E-state index contributed by atoms with van der Waals surface area (Å²) in [6, 6.07) is 14.7. The maximum absolute atomic E-state index is 14.3. The predicted molar refractivity (Wildman–Crippen MR) is 104 cm³/mol. The molecule has 0 atom stereocenters. The number of halogens is 3. The van der Waals surface area contributed by atoms with Gasteiger partial charge < -0.3 is 4.74 Å². The third kappa shape index (κ3) is 4.20. The van der Waals surface area contributed by atoms with Crippen LogP contribution in [0, 0.1) is 29.3 Å². The van der Waals surface area contributed by atoms with Crippen LogP contribution in [0.2, 0.25) is 0 Å². The van der Waals surface area contributed by atoms with Crippen molar-refractivity contribution in [3.63, 3.8) is 0 Å². The van der Waals surface area contributed by atoms with E-state index in [1.807, 2.05) is 13.0 Å². The van der Waals surface area contributed by atoms with Crippen LogP contribution in [-0.2, 0) is 13.0 Å². The van der Waals surface area contributed by atoms with Gasteiger partial charge in [-0.3, -0.25) is 0 Å². The third-order valence-corrected chi connectivity index (χ3v) is 4.41. The molecule has 1 nitrogen and oxygen atoms in total. The zero-order valence-electron chi connectivity index (χ0n) is 15.7. The van der Waals surface area contributed by atoms with Gasteiger partial charge in [0.05, 0.1) is 5.56 Å². The highest BCUT2D eigenvalue weighted by atomic mass is 19.2. The minimum atomic E-state index is -0.954. The zero-order valence-corrected chi connectivity index (χ0v) is 15.7. The Bertz CT molecular complexity index is 1040. The van der Waals surface area contributed by atoms with E-state index in [4.69, 9.17) is 4.74 Å². The van der Waals surface area contributed by atoms with Crippen molar-refractivity contribution >= 4 is 0 Å². The summed E-state index contributed by atoms with van der Waals surface area (Å²) in [5.74, 6) is 3.52. The molecule has 0 saturated heterocycles. The summed E-state index contributed by atoms with van der Waals surface area (Å²) in [6.45, 7) is 3.68. The second-order valence-corrected chi connectivity index (χ2v) is 6.26. The van der Waals surface area contributed by atoms with E-state index >= 15 is 0 Å². The lowest BCUT2D eigenvalue weighted by molar-refractivity contribution is 0.305. The Morgan fingerprint density at radius 3 is 2.29 bits per heavy atom. The van der Waals surface area contributed by atoms with Crippen molar-refractivity contribution in [2.24, 2.45) is 0 Å². The van der Waals surface area contributed by atoms with E-state index in [0.717, 1.165) is 5.56 Å². The van der Waals surface area contributed by atoms with E-state index in [1.54, 1.807) is 37.3 Å². The minimum Gasteiger partial charge on any atom is -0.489 e. The number of benzene rings is 3. The number of rotatable bonds is 5. The number of hydrogen-bond donors (Lipinski definition) is 0. The molecule has 4 heteroatoms. The molecule has 3 aromatic carbocycles. The van der Waals surface area contributed by atoms with Gasteiger partial charge in [0.2, 0.25) is 0 Å². The lowest BCUT2D eigenvalue weighted by Gasteiger charge is -2.10. The lowest BCUT2D eigenvalue weighted by Crippen LogP contribution is -1.98. The second kappa shape index (κ2) is 8.67. The van der Waals surface area contributed by atoms with Crippen molar-refractivity contribution in [2.45, 2.75) is 26.9 Å². The van der Waals surface area contributed by atoms with Crippen LogP contribution in [0.5, 0.6) is 5.75 Å². The summed E-state index contributed by atoms with van der Waals surface area (Å²) >= 11 is 0. The van der Waals surface area contributed by atoms with Crippen LogP contribution in [0.25, 0.3) is 11.1 Å². The fourth-order valence-corrected chi connectivity index (χ4v) is 2.87. The molecule has 3 aromatic rings. The van der Waals surface area contributed by atoms with Crippen LogP contribution in [0.4, 0.5) is 13.2 Å². The molecule has 3 rings (SSSR count). The summed E-state index contributed by atoms with van der Waals surface area (Å²) < 4.78 is 47.9. The highest BCUT2D eigenvalue weighted by molar-refractivity contribution is 5.66. The molecule has 0 aliphatic rings. The summed E-state index contributed by atoms with van der Waals surface area (Å²) in [4.78, 5) is 0. The van der Waals surface area contributed by atoms with E-state index in [1.165, 1.54) is 18.2 Å². The Balaban J connectivity index is 1.74. The van der Waals surface area contributed by atoms with Gasteiger partial charge in [-0.15, -0.1) is 5.92 Å². The SMILES string of the molecule is CC#Cc1ccc(-c2ccc(OCc3ccc(CC)c(F)c3)cc2)c(F)c1F. The molecule has 0 spiro atoms. The summed E-state index contributed by atoms with van der Waals surface area (Å²) in [7, 11) is 0. The van der Waals surface area contributed by atoms with Gasteiger partial charge in [0.15, 0.2) is 11.6 Å². The summed E-state index contributed by atoms with van der Waals surface area (Å²) in [5, 5.41) is 0. The Labute approximate surface area is 162 Å². The zero-order chi connectivity index (χ0) is 20.1. The highest BCUT2D eigenvalue weighted by Crippen LogP contribution is 2.28. The Morgan fingerprint density at radius 2 is 1.64 bits per heavy atom.